The molecule has 0 fully saturated rings. The van der Waals surface area contributed by atoms with Crippen molar-refractivity contribution in [2.24, 2.45) is 0 Å². The van der Waals surface area contributed by atoms with E-state index < -0.39 is 23.8 Å². The maximum atomic E-state index is 13.8. The molecule has 1 aliphatic rings. The topological polar surface area (TPSA) is 32.3 Å². The van der Waals surface area contributed by atoms with Gasteiger partial charge < -0.3 is 10.4 Å². The van der Waals surface area contributed by atoms with E-state index in [1.807, 2.05) is 24.3 Å². The molecule has 0 saturated carbocycles. The minimum atomic E-state index is -0.554. The molecule has 0 heterocycles. The Kier molecular flexibility index (Phi) is 3.74. The van der Waals surface area contributed by atoms with Crippen LogP contribution in [0.25, 0.3) is 0 Å². The predicted octanol–water partition coefficient (Wildman–Crippen LogP) is 3.27. The molecule has 3 rings (SSSR count). The van der Waals surface area contributed by atoms with Crippen LogP contribution < -0.4 is 5.32 Å². The fourth-order valence-electron chi connectivity index (χ4n) is 2.98. The van der Waals surface area contributed by atoms with Crippen LogP contribution in [0.5, 0.6) is 0 Å². The number of hydrogen-bond acceptors (Lipinski definition) is 2. The third kappa shape index (κ3) is 2.69. The Bertz CT molecular complexity index is 659. The largest absolute Gasteiger partial charge is 0.391 e. The third-order valence-electron chi connectivity index (χ3n) is 4.06. The second-order valence-corrected chi connectivity index (χ2v) is 5.50. The summed E-state index contributed by atoms with van der Waals surface area (Å²) in [6.45, 7) is 1.77. The molecule has 2 nitrogen and oxygen atoms in total. The molecule has 0 aromatic heterocycles. The summed E-state index contributed by atoms with van der Waals surface area (Å²) in [5.74, 6) is -0.912. The number of aliphatic hydroxyl groups excluding tert-OH is 1. The molecule has 2 aromatic rings. The predicted molar refractivity (Wildman–Crippen MR) is 76.8 cm³/mol. The first kappa shape index (κ1) is 14.2. The zero-order valence-corrected chi connectivity index (χ0v) is 11.7. The van der Waals surface area contributed by atoms with E-state index in [0.717, 1.165) is 23.3 Å². The first-order valence-electron chi connectivity index (χ1n) is 7.03. The van der Waals surface area contributed by atoms with Crippen molar-refractivity contribution < 1.29 is 13.9 Å². The molecule has 2 N–H and O–H groups in total. The van der Waals surface area contributed by atoms with Crippen molar-refractivity contribution in [2.45, 2.75) is 31.5 Å². The molecule has 0 spiro atoms. The standard InChI is InChI=1S/C17H17F2NO/c1-10(14-9-12(18)6-7-15(14)19)20-17-13-5-3-2-4-11(13)8-16(17)21/h2-7,9-10,16-17,20-21H,8H2,1H3. The van der Waals surface area contributed by atoms with Crippen LogP contribution in [0.4, 0.5) is 8.78 Å². The number of fused-ring (bicyclic) bond motifs is 1. The van der Waals surface area contributed by atoms with E-state index in [-0.39, 0.29) is 11.6 Å². The third-order valence-corrected chi connectivity index (χ3v) is 4.06. The van der Waals surface area contributed by atoms with Crippen LogP contribution in [0.1, 0.15) is 35.7 Å². The van der Waals surface area contributed by atoms with Gasteiger partial charge in [0.2, 0.25) is 0 Å². The van der Waals surface area contributed by atoms with Crippen LogP contribution in [0.15, 0.2) is 42.5 Å². The van der Waals surface area contributed by atoms with Gasteiger partial charge in [-0.3, -0.25) is 0 Å². The van der Waals surface area contributed by atoms with Crippen LogP contribution >= 0.6 is 0 Å². The second-order valence-electron chi connectivity index (χ2n) is 5.50. The number of rotatable bonds is 3. The maximum Gasteiger partial charge on any atom is 0.128 e. The molecule has 1 aliphatic carbocycles. The molecule has 110 valence electrons. The summed E-state index contributed by atoms with van der Waals surface area (Å²) in [6, 6.07) is 10.5. The maximum absolute atomic E-state index is 13.8. The van der Waals surface area contributed by atoms with Gasteiger partial charge in [0.15, 0.2) is 0 Å². The van der Waals surface area contributed by atoms with Crippen molar-refractivity contribution in [3.63, 3.8) is 0 Å². The van der Waals surface area contributed by atoms with E-state index in [0.29, 0.717) is 6.42 Å². The van der Waals surface area contributed by atoms with Crippen molar-refractivity contribution in [2.75, 3.05) is 0 Å². The number of hydrogen-bond donors (Lipinski definition) is 2. The molecule has 0 aliphatic heterocycles. The highest BCUT2D eigenvalue weighted by atomic mass is 19.1. The summed E-state index contributed by atoms with van der Waals surface area (Å²) in [6.07, 6.45) is 0.0214. The Labute approximate surface area is 122 Å². The molecule has 0 radical (unpaired) electrons. The number of halogens is 2. The lowest BCUT2D eigenvalue weighted by Crippen LogP contribution is -2.31. The molecule has 21 heavy (non-hydrogen) atoms. The fraction of sp³-hybridized carbons (Fsp3) is 0.294. The van der Waals surface area contributed by atoms with E-state index in [1.54, 1.807) is 6.92 Å². The van der Waals surface area contributed by atoms with E-state index in [9.17, 15) is 13.9 Å². The minimum absolute atomic E-state index is 0.265. The first-order chi connectivity index (χ1) is 10.1. The zero-order valence-electron chi connectivity index (χ0n) is 11.7. The van der Waals surface area contributed by atoms with Crippen LogP contribution in [0.2, 0.25) is 0 Å². The lowest BCUT2D eigenvalue weighted by Gasteiger charge is -2.23. The van der Waals surface area contributed by atoms with Crippen molar-refractivity contribution in [3.05, 3.63) is 70.8 Å². The van der Waals surface area contributed by atoms with Crippen molar-refractivity contribution in [3.8, 4) is 0 Å². The van der Waals surface area contributed by atoms with Gasteiger partial charge in [0.1, 0.15) is 11.6 Å². The Morgan fingerprint density at radius 3 is 2.76 bits per heavy atom. The van der Waals surface area contributed by atoms with Crippen molar-refractivity contribution in [1.29, 1.82) is 0 Å². The van der Waals surface area contributed by atoms with E-state index >= 15 is 0 Å². The highest BCUT2D eigenvalue weighted by Gasteiger charge is 2.32. The summed E-state index contributed by atoms with van der Waals surface area (Å²) in [5, 5.41) is 13.4. The quantitative estimate of drug-likeness (QED) is 0.909. The van der Waals surface area contributed by atoms with Gasteiger partial charge in [0, 0.05) is 18.0 Å². The van der Waals surface area contributed by atoms with Crippen LogP contribution in [-0.4, -0.2) is 11.2 Å². The van der Waals surface area contributed by atoms with Crippen LogP contribution in [-0.2, 0) is 6.42 Å². The second kappa shape index (κ2) is 5.54. The summed E-state index contributed by atoms with van der Waals surface area (Å²) in [5.41, 5.74) is 2.38. The van der Waals surface area contributed by atoms with Gasteiger partial charge in [0.25, 0.3) is 0 Å². The molecule has 0 amide bonds. The van der Waals surface area contributed by atoms with Gasteiger partial charge in [-0.1, -0.05) is 24.3 Å². The molecule has 3 unspecified atom stereocenters. The average molecular weight is 289 g/mol. The zero-order chi connectivity index (χ0) is 15.0. The Balaban J connectivity index is 1.85. The smallest absolute Gasteiger partial charge is 0.128 e. The highest BCUT2D eigenvalue weighted by Crippen LogP contribution is 2.33. The van der Waals surface area contributed by atoms with Gasteiger partial charge in [-0.25, -0.2) is 8.78 Å². The molecule has 3 atom stereocenters. The normalized spacial score (nSPS) is 22.1. The molecular weight excluding hydrogens is 272 g/mol. The Morgan fingerprint density at radius 2 is 1.95 bits per heavy atom. The summed E-state index contributed by atoms with van der Waals surface area (Å²) >= 11 is 0. The van der Waals surface area contributed by atoms with E-state index in [2.05, 4.69) is 5.32 Å². The Hall–Kier alpha value is -1.78. The molecule has 2 aromatic carbocycles. The van der Waals surface area contributed by atoms with Crippen molar-refractivity contribution >= 4 is 0 Å². The molecular formula is C17H17F2NO. The SMILES string of the molecule is CC(NC1c2ccccc2CC1O)c1cc(F)ccc1F. The summed E-state index contributed by atoms with van der Waals surface area (Å²) in [4.78, 5) is 0. The number of benzene rings is 2. The van der Waals surface area contributed by atoms with Gasteiger partial charge in [-0.15, -0.1) is 0 Å². The van der Waals surface area contributed by atoms with Crippen LogP contribution in [0, 0.1) is 11.6 Å². The summed E-state index contributed by atoms with van der Waals surface area (Å²) < 4.78 is 27.1. The Morgan fingerprint density at radius 1 is 1.19 bits per heavy atom. The minimum Gasteiger partial charge on any atom is -0.391 e. The van der Waals surface area contributed by atoms with E-state index in [4.69, 9.17) is 0 Å². The molecule has 0 bridgehead atoms. The van der Waals surface area contributed by atoms with Gasteiger partial charge in [-0.05, 0) is 36.2 Å². The lowest BCUT2D eigenvalue weighted by atomic mass is 10.0. The lowest BCUT2D eigenvalue weighted by molar-refractivity contribution is 0.135. The van der Waals surface area contributed by atoms with Gasteiger partial charge in [-0.2, -0.15) is 0 Å². The highest BCUT2D eigenvalue weighted by molar-refractivity contribution is 5.37. The number of aliphatic hydroxyl groups is 1. The van der Waals surface area contributed by atoms with Crippen molar-refractivity contribution in [1.82, 2.24) is 5.32 Å². The molecule has 0 saturated heterocycles. The summed E-state index contributed by atoms with van der Waals surface area (Å²) in [7, 11) is 0. The van der Waals surface area contributed by atoms with Gasteiger partial charge in [0.05, 0.1) is 12.1 Å². The van der Waals surface area contributed by atoms with Gasteiger partial charge >= 0.3 is 0 Å². The average Bonchev–Trinajstić information content (AvgIpc) is 2.78. The molecule has 4 heteroatoms. The monoisotopic (exact) mass is 289 g/mol. The van der Waals surface area contributed by atoms with Crippen LogP contribution in [0.3, 0.4) is 0 Å². The fourth-order valence-corrected chi connectivity index (χ4v) is 2.98. The number of nitrogens with one attached hydrogen (secondary N) is 1. The van der Waals surface area contributed by atoms with E-state index in [1.165, 1.54) is 6.07 Å². The first-order valence-corrected chi connectivity index (χ1v) is 7.03.